The summed E-state index contributed by atoms with van der Waals surface area (Å²) >= 11 is 0. The third-order valence-electron chi connectivity index (χ3n) is 11.2. The number of hydrogen-bond acceptors (Lipinski definition) is 3. The molecule has 0 fully saturated rings. The lowest BCUT2D eigenvalue weighted by Gasteiger charge is -2.34. The third-order valence-corrected chi connectivity index (χ3v) is 11.2. The summed E-state index contributed by atoms with van der Waals surface area (Å²) in [5.74, 6) is 1.91. The molecule has 2 aliphatic carbocycles. The van der Waals surface area contributed by atoms with Crippen LogP contribution in [0, 0.1) is 0 Å². The molecule has 56 heavy (non-hydrogen) atoms. The van der Waals surface area contributed by atoms with E-state index < -0.39 is 5.41 Å². The number of allylic oxidation sites excluding steroid dienone is 4. The molecule has 0 atom stereocenters. The number of para-hydroxylation sites is 1. The number of benzene rings is 7. The Hall–Kier alpha value is -7.61. The summed E-state index contributed by atoms with van der Waals surface area (Å²) in [5, 5.41) is 2.41. The van der Waals surface area contributed by atoms with E-state index in [1.165, 1.54) is 44.2 Å². The van der Waals surface area contributed by atoms with Crippen molar-refractivity contribution in [3.05, 3.63) is 228 Å². The number of aromatic nitrogens is 4. The second-order valence-corrected chi connectivity index (χ2v) is 14.2. The highest BCUT2D eigenvalue weighted by Crippen LogP contribution is 2.58. The molecule has 2 aromatic heterocycles. The van der Waals surface area contributed by atoms with Gasteiger partial charge in [0.25, 0.3) is 0 Å². The van der Waals surface area contributed by atoms with Crippen LogP contribution >= 0.6 is 0 Å². The van der Waals surface area contributed by atoms with E-state index in [-0.39, 0.29) is 0 Å². The van der Waals surface area contributed by atoms with Crippen LogP contribution in [-0.4, -0.2) is 19.5 Å². The van der Waals surface area contributed by atoms with Crippen LogP contribution in [0.1, 0.15) is 22.3 Å². The maximum Gasteiger partial charge on any atom is 0.164 e. The van der Waals surface area contributed by atoms with Gasteiger partial charge in [0, 0.05) is 33.5 Å². The molecule has 260 valence electrons. The van der Waals surface area contributed by atoms with Crippen molar-refractivity contribution < 1.29 is 0 Å². The Balaban J connectivity index is 1.23. The van der Waals surface area contributed by atoms with Crippen LogP contribution in [-0.2, 0) is 5.41 Å². The Morgan fingerprint density at radius 2 is 0.982 bits per heavy atom. The van der Waals surface area contributed by atoms with Gasteiger partial charge >= 0.3 is 0 Å². The number of nitrogens with zero attached hydrogens (tertiary/aromatic N) is 4. The molecule has 4 nitrogen and oxygen atoms in total. The van der Waals surface area contributed by atoms with Gasteiger partial charge in [-0.15, -0.1) is 0 Å². The largest absolute Gasteiger partial charge is 0.309 e. The van der Waals surface area contributed by atoms with Crippen LogP contribution in [0.25, 0.3) is 72.8 Å². The van der Waals surface area contributed by atoms with E-state index in [9.17, 15) is 0 Å². The lowest BCUT2D eigenvalue weighted by atomic mass is 9.67. The zero-order chi connectivity index (χ0) is 37.1. The van der Waals surface area contributed by atoms with E-state index in [0.717, 1.165) is 33.4 Å². The van der Waals surface area contributed by atoms with Crippen molar-refractivity contribution in [1.29, 1.82) is 0 Å². The average molecular weight is 713 g/mol. The maximum atomic E-state index is 5.15. The molecule has 11 rings (SSSR count). The van der Waals surface area contributed by atoms with Gasteiger partial charge in [0.05, 0.1) is 22.1 Å². The molecule has 0 saturated heterocycles. The Labute approximate surface area is 324 Å². The fourth-order valence-electron chi connectivity index (χ4n) is 8.78. The van der Waals surface area contributed by atoms with Crippen molar-refractivity contribution in [2.75, 3.05) is 0 Å². The smallest absolute Gasteiger partial charge is 0.164 e. The molecule has 2 aliphatic rings. The summed E-state index contributed by atoms with van der Waals surface area (Å²) in [6.45, 7) is 0. The van der Waals surface area contributed by atoms with Crippen molar-refractivity contribution in [2.45, 2.75) is 5.41 Å². The predicted octanol–water partition coefficient (Wildman–Crippen LogP) is 12.1. The fourth-order valence-corrected chi connectivity index (χ4v) is 8.78. The molecule has 2 heterocycles. The molecule has 0 N–H and O–H groups in total. The first kappa shape index (κ1) is 31.9. The van der Waals surface area contributed by atoms with Gasteiger partial charge in [-0.25, -0.2) is 15.0 Å². The molecule has 0 saturated carbocycles. The lowest BCUT2D eigenvalue weighted by molar-refractivity contribution is 0.769. The third kappa shape index (κ3) is 4.85. The Morgan fingerprint density at radius 3 is 1.59 bits per heavy atom. The summed E-state index contributed by atoms with van der Waals surface area (Å²) in [7, 11) is 0. The van der Waals surface area contributed by atoms with Gasteiger partial charge in [-0.1, -0.05) is 163 Å². The lowest BCUT2D eigenvalue weighted by Crippen LogP contribution is -2.28. The number of hydrogen-bond donors (Lipinski definition) is 0. The molecule has 0 unspecified atom stereocenters. The standard InChI is InChI=1S/C52H32N4/c1-6-18-35(19-7-1)49-53-50(36-20-8-2-9-21-36)55-51(54-49)37-30-31-41-43-34-48-44(42-28-16-17-29-47(42)56(48)40-26-14-5-15-27-40)33-46(43)52(45(41)32-37,38-22-10-3-11-23-38)39-24-12-4-13-25-39/h1-4,6-14,16-34H. The van der Waals surface area contributed by atoms with Crippen LogP contribution in [0.4, 0.5) is 0 Å². The quantitative estimate of drug-likeness (QED) is 0.161. The van der Waals surface area contributed by atoms with Gasteiger partial charge in [-0.2, -0.15) is 0 Å². The summed E-state index contributed by atoms with van der Waals surface area (Å²) in [4.78, 5) is 15.3. The molecular formula is C52H32N4. The van der Waals surface area contributed by atoms with Gasteiger partial charge in [-0.05, 0) is 69.8 Å². The molecule has 7 aromatic carbocycles. The minimum atomic E-state index is -0.631. The predicted molar refractivity (Wildman–Crippen MR) is 227 cm³/mol. The second kappa shape index (κ2) is 12.8. The fraction of sp³-hybridized carbons (Fsp3) is 0.0192. The van der Waals surface area contributed by atoms with Crippen molar-refractivity contribution in [3.8, 4) is 45.3 Å². The highest BCUT2D eigenvalue weighted by molar-refractivity contribution is 6.13. The molecule has 0 radical (unpaired) electrons. The number of fused-ring (bicyclic) bond motifs is 6. The van der Waals surface area contributed by atoms with Gasteiger partial charge in [0.15, 0.2) is 17.5 Å². The molecule has 4 heteroatoms. The minimum Gasteiger partial charge on any atom is -0.309 e. The van der Waals surface area contributed by atoms with Crippen molar-refractivity contribution in [3.63, 3.8) is 0 Å². The molecule has 0 bridgehead atoms. The molecule has 9 aromatic rings. The van der Waals surface area contributed by atoms with E-state index in [2.05, 4.69) is 162 Å². The van der Waals surface area contributed by atoms with Crippen LogP contribution < -0.4 is 0 Å². The summed E-state index contributed by atoms with van der Waals surface area (Å²) in [5.41, 5.74) is 19.0. The Morgan fingerprint density at radius 1 is 0.429 bits per heavy atom. The highest BCUT2D eigenvalue weighted by Gasteiger charge is 2.47. The topological polar surface area (TPSA) is 43.6 Å². The second-order valence-electron chi connectivity index (χ2n) is 14.2. The van der Waals surface area contributed by atoms with E-state index >= 15 is 0 Å². The first-order chi connectivity index (χ1) is 27.8. The molecule has 0 amide bonds. The van der Waals surface area contributed by atoms with Gasteiger partial charge in [0.2, 0.25) is 0 Å². The van der Waals surface area contributed by atoms with E-state index in [1.807, 2.05) is 48.6 Å². The first-order valence-electron chi connectivity index (χ1n) is 18.9. The SMILES string of the molecule is C1=C=CC(n2c3ccccc3c3cc4c(cc32)-c2ccc(-c3nc(-c5ccccc5)nc(-c5ccccc5)n3)cc2C4(c2ccccc2)c2ccccc2)=CC=1. The highest BCUT2D eigenvalue weighted by atomic mass is 15.0. The van der Waals surface area contributed by atoms with Crippen LogP contribution in [0.2, 0.25) is 0 Å². The average Bonchev–Trinajstić information content (AvgIpc) is 3.76. The van der Waals surface area contributed by atoms with E-state index in [0.29, 0.717) is 17.5 Å². The zero-order valence-electron chi connectivity index (χ0n) is 30.3. The van der Waals surface area contributed by atoms with E-state index in [1.54, 1.807) is 0 Å². The first-order valence-corrected chi connectivity index (χ1v) is 18.9. The van der Waals surface area contributed by atoms with E-state index in [4.69, 9.17) is 15.0 Å². The minimum absolute atomic E-state index is 0.631. The Bertz CT molecular complexity index is 3030. The van der Waals surface area contributed by atoms with Crippen LogP contribution in [0.3, 0.4) is 0 Å². The normalized spacial score (nSPS) is 13.5. The monoisotopic (exact) mass is 712 g/mol. The summed E-state index contributed by atoms with van der Waals surface area (Å²) in [6, 6.07) is 62.5. The summed E-state index contributed by atoms with van der Waals surface area (Å²) in [6.07, 6.45) is 6.05. The van der Waals surface area contributed by atoms with Crippen LogP contribution in [0.5, 0.6) is 0 Å². The maximum absolute atomic E-state index is 5.15. The van der Waals surface area contributed by atoms with Crippen molar-refractivity contribution >= 4 is 27.5 Å². The van der Waals surface area contributed by atoms with Gasteiger partial charge in [-0.3, -0.25) is 0 Å². The molecule has 0 aliphatic heterocycles. The molecule has 0 spiro atoms. The van der Waals surface area contributed by atoms with Crippen LogP contribution in [0.15, 0.2) is 206 Å². The van der Waals surface area contributed by atoms with Gasteiger partial charge < -0.3 is 4.57 Å². The van der Waals surface area contributed by atoms with Crippen molar-refractivity contribution in [2.24, 2.45) is 0 Å². The van der Waals surface area contributed by atoms with Crippen molar-refractivity contribution in [1.82, 2.24) is 19.5 Å². The van der Waals surface area contributed by atoms with Gasteiger partial charge in [0.1, 0.15) is 0 Å². The molecular weight excluding hydrogens is 681 g/mol. The summed E-state index contributed by atoms with van der Waals surface area (Å²) < 4.78 is 2.36. The zero-order valence-corrected chi connectivity index (χ0v) is 30.3. The number of rotatable bonds is 6. The Kier molecular flexibility index (Phi) is 7.26.